The number of ether oxygens (including phenoxy) is 1. The van der Waals surface area contributed by atoms with Crippen molar-refractivity contribution in [3.8, 4) is 0 Å². The minimum Gasteiger partial charge on any atom is -0.383 e. The maximum Gasteiger partial charge on any atom is 0.0587 e. The Hall–Kier alpha value is -1.12. The SMILES string of the molecule is COCCNCC(=Cc1cccc(C)c1C)C(C)C. The molecule has 0 aliphatic carbocycles. The largest absolute Gasteiger partial charge is 0.383 e. The minimum atomic E-state index is 0.551. The van der Waals surface area contributed by atoms with E-state index in [4.69, 9.17) is 4.74 Å². The lowest BCUT2D eigenvalue weighted by Crippen LogP contribution is -2.23. The molecule has 0 fully saturated rings. The van der Waals surface area contributed by atoms with Gasteiger partial charge in [0.15, 0.2) is 0 Å². The molecule has 0 aliphatic heterocycles. The predicted octanol–water partition coefficient (Wildman–Crippen LogP) is 3.58. The average Bonchev–Trinajstić information content (AvgIpc) is 2.37. The molecule has 1 aromatic rings. The van der Waals surface area contributed by atoms with Gasteiger partial charge in [-0.1, -0.05) is 43.7 Å². The molecule has 0 saturated heterocycles. The summed E-state index contributed by atoms with van der Waals surface area (Å²) in [5.74, 6) is 0.551. The van der Waals surface area contributed by atoms with Crippen LogP contribution in [0.15, 0.2) is 23.8 Å². The summed E-state index contributed by atoms with van der Waals surface area (Å²) in [6.45, 7) is 11.4. The van der Waals surface area contributed by atoms with Crippen molar-refractivity contribution >= 4 is 6.08 Å². The second-order valence-corrected chi connectivity index (χ2v) is 5.33. The molecular weight excluding hydrogens is 234 g/mol. The molecule has 0 amide bonds. The molecule has 0 bridgehead atoms. The molecular formula is C17H27NO. The van der Waals surface area contributed by atoms with Crippen molar-refractivity contribution in [2.75, 3.05) is 26.8 Å². The van der Waals surface area contributed by atoms with Crippen LogP contribution in [0.1, 0.15) is 30.5 Å². The number of hydrogen-bond acceptors (Lipinski definition) is 2. The zero-order chi connectivity index (χ0) is 14.3. The lowest BCUT2D eigenvalue weighted by Gasteiger charge is -2.14. The van der Waals surface area contributed by atoms with Crippen molar-refractivity contribution in [3.63, 3.8) is 0 Å². The highest BCUT2D eigenvalue weighted by molar-refractivity contribution is 5.58. The second kappa shape index (κ2) is 8.13. The van der Waals surface area contributed by atoms with E-state index in [0.717, 1.165) is 19.7 Å². The highest BCUT2D eigenvalue weighted by Crippen LogP contribution is 2.19. The van der Waals surface area contributed by atoms with Crippen molar-refractivity contribution in [2.45, 2.75) is 27.7 Å². The average molecular weight is 261 g/mol. The number of methoxy groups -OCH3 is 1. The van der Waals surface area contributed by atoms with Gasteiger partial charge < -0.3 is 10.1 Å². The molecule has 0 unspecified atom stereocenters. The van der Waals surface area contributed by atoms with E-state index in [1.54, 1.807) is 7.11 Å². The standard InChI is InChI=1S/C17H27NO/c1-13(2)17(12-18-9-10-19-5)11-16-8-6-7-14(3)15(16)4/h6-8,11,13,18H,9-10,12H2,1-5H3. The van der Waals surface area contributed by atoms with Crippen LogP contribution in [0.2, 0.25) is 0 Å². The fourth-order valence-electron chi connectivity index (χ4n) is 1.96. The fraction of sp³-hybridized carbons (Fsp3) is 0.529. The van der Waals surface area contributed by atoms with Gasteiger partial charge in [-0.3, -0.25) is 0 Å². The van der Waals surface area contributed by atoms with E-state index in [2.05, 4.69) is 57.3 Å². The van der Waals surface area contributed by atoms with Gasteiger partial charge in [0.05, 0.1) is 6.61 Å². The van der Waals surface area contributed by atoms with Crippen molar-refractivity contribution in [2.24, 2.45) is 5.92 Å². The second-order valence-electron chi connectivity index (χ2n) is 5.33. The molecule has 0 spiro atoms. The smallest absolute Gasteiger partial charge is 0.0587 e. The van der Waals surface area contributed by atoms with E-state index in [1.165, 1.54) is 22.3 Å². The van der Waals surface area contributed by atoms with Crippen LogP contribution in [-0.2, 0) is 4.74 Å². The molecule has 0 atom stereocenters. The van der Waals surface area contributed by atoms with Crippen molar-refractivity contribution in [1.82, 2.24) is 5.32 Å². The fourth-order valence-corrected chi connectivity index (χ4v) is 1.96. The van der Waals surface area contributed by atoms with E-state index in [0.29, 0.717) is 5.92 Å². The summed E-state index contributed by atoms with van der Waals surface area (Å²) in [4.78, 5) is 0. The van der Waals surface area contributed by atoms with Crippen LogP contribution in [0.4, 0.5) is 0 Å². The van der Waals surface area contributed by atoms with Crippen LogP contribution in [0.5, 0.6) is 0 Å². The summed E-state index contributed by atoms with van der Waals surface area (Å²) in [6, 6.07) is 6.49. The quantitative estimate of drug-likeness (QED) is 0.758. The van der Waals surface area contributed by atoms with E-state index in [1.807, 2.05) is 0 Å². The molecule has 2 nitrogen and oxygen atoms in total. The molecule has 0 radical (unpaired) electrons. The van der Waals surface area contributed by atoms with Crippen LogP contribution in [0.3, 0.4) is 0 Å². The van der Waals surface area contributed by atoms with E-state index in [-0.39, 0.29) is 0 Å². The number of nitrogens with one attached hydrogen (secondary N) is 1. The summed E-state index contributed by atoms with van der Waals surface area (Å²) >= 11 is 0. The first-order valence-corrected chi connectivity index (χ1v) is 7.02. The minimum absolute atomic E-state index is 0.551. The molecule has 0 aromatic heterocycles. The number of benzene rings is 1. The van der Waals surface area contributed by atoms with Crippen molar-refractivity contribution in [1.29, 1.82) is 0 Å². The van der Waals surface area contributed by atoms with Gasteiger partial charge in [0, 0.05) is 20.2 Å². The summed E-state index contributed by atoms with van der Waals surface area (Å²) in [5, 5.41) is 3.43. The Morgan fingerprint density at radius 2 is 2.05 bits per heavy atom. The number of hydrogen-bond donors (Lipinski definition) is 1. The van der Waals surface area contributed by atoms with Crippen LogP contribution < -0.4 is 5.32 Å². The Bertz CT molecular complexity index is 421. The Morgan fingerprint density at radius 1 is 1.32 bits per heavy atom. The third-order valence-electron chi connectivity index (χ3n) is 3.54. The third-order valence-corrected chi connectivity index (χ3v) is 3.54. The van der Waals surface area contributed by atoms with Gasteiger partial charge in [0.25, 0.3) is 0 Å². The number of aryl methyl sites for hydroxylation is 1. The molecule has 1 aromatic carbocycles. The highest BCUT2D eigenvalue weighted by Gasteiger charge is 2.05. The normalized spacial score (nSPS) is 12.2. The first-order chi connectivity index (χ1) is 9.06. The lowest BCUT2D eigenvalue weighted by atomic mass is 9.96. The highest BCUT2D eigenvalue weighted by atomic mass is 16.5. The van der Waals surface area contributed by atoms with Crippen LogP contribution in [0.25, 0.3) is 6.08 Å². The van der Waals surface area contributed by atoms with Gasteiger partial charge in [0.1, 0.15) is 0 Å². The Balaban J connectivity index is 2.80. The predicted molar refractivity (Wildman–Crippen MR) is 83.5 cm³/mol. The lowest BCUT2D eigenvalue weighted by molar-refractivity contribution is 0.200. The zero-order valence-electron chi connectivity index (χ0n) is 12.9. The summed E-state index contributed by atoms with van der Waals surface area (Å²) < 4.78 is 5.06. The van der Waals surface area contributed by atoms with Crippen LogP contribution in [0, 0.1) is 19.8 Å². The first-order valence-electron chi connectivity index (χ1n) is 7.02. The van der Waals surface area contributed by atoms with Crippen molar-refractivity contribution in [3.05, 3.63) is 40.5 Å². The maximum absolute atomic E-state index is 5.06. The Labute approximate surface area is 117 Å². The molecule has 0 heterocycles. The molecule has 106 valence electrons. The molecule has 19 heavy (non-hydrogen) atoms. The van der Waals surface area contributed by atoms with E-state index in [9.17, 15) is 0 Å². The molecule has 1 rings (SSSR count). The van der Waals surface area contributed by atoms with Crippen LogP contribution >= 0.6 is 0 Å². The van der Waals surface area contributed by atoms with Gasteiger partial charge in [-0.05, 0) is 36.5 Å². The molecule has 1 N–H and O–H groups in total. The molecule has 0 aliphatic rings. The topological polar surface area (TPSA) is 21.3 Å². The zero-order valence-corrected chi connectivity index (χ0v) is 12.9. The summed E-state index contributed by atoms with van der Waals surface area (Å²) in [5.41, 5.74) is 5.49. The summed E-state index contributed by atoms with van der Waals surface area (Å²) in [6.07, 6.45) is 2.33. The summed E-state index contributed by atoms with van der Waals surface area (Å²) in [7, 11) is 1.73. The maximum atomic E-state index is 5.06. The first kappa shape index (κ1) is 15.9. The Morgan fingerprint density at radius 3 is 2.68 bits per heavy atom. The van der Waals surface area contributed by atoms with Crippen LogP contribution in [-0.4, -0.2) is 26.8 Å². The van der Waals surface area contributed by atoms with Gasteiger partial charge in [-0.15, -0.1) is 0 Å². The van der Waals surface area contributed by atoms with Gasteiger partial charge in [-0.25, -0.2) is 0 Å². The number of rotatable bonds is 7. The van der Waals surface area contributed by atoms with Gasteiger partial charge in [0.2, 0.25) is 0 Å². The van der Waals surface area contributed by atoms with Gasteiger partial charge in [-0.2, -0.15) is 0 Å². The third kappa shape index (κ3) is 5.17. The van der Waals surface area contributed by atoms with Crippen molar-refractivity contribution < 1.29 is 4.74 Å². The monoisotopic (exact) mass is 261 g/mol. The van der Waals surface area contributed by atoms with E-state index < -0.39 is 0 Å². The Kier molecular flexibility index (Phi) is 6.82. The van der Waals surface area contributed by atoms with Gasteiger partial charge >= 0.3 is 0 Å². The molecule has 2 heteroatoms. The van der Waals surface area contributed by atoms with E-state index >= 15 is 0 Å². The molecule has 0 saturated carbocycles.